The topological polar surface area (TPSA) is 76.0 Å². The Labute approximate surface area is 162 Å². The lowest BCUT2D eigenvalue weighted by Gasteiger charge is -2.36. The SMILES string of the molecule is CC(=O)O[C@@H]1C[C@@H](C)[C@@H]2C[C@@H]2C2=C(C(O)OC2O)[C@@H]1C(C)CCC=C(C)C. The number of aliphatic hydroxyl groups excluding tert-OH is 2. The van der Waals surface area contributed by atoms with Crippen molar-refractivity contribution in [3.63, 3.8) is 0 Å². The Bertz CT molecular complexity index is 633. The molecule has 0 aromatic heterocycles. The smallest absolute Gasteiger partial charge is 0.302 e. The molecule has 8 atom stereocenters. The second-order valence-corrected chi connectivity index (χ2v) is 8.98. The lowest BCUT2D eigenvalue weighted by atomic mass is 9.73. The van der Waals surface area contributed by atoms with Crippen LogP contribution < -0.4 is 0 Å². The van der Waals surface area contributed by atoms with Gasteiger partial charge < -0.3 is 19.7 Å². The molecule has 0 amide bonds. The van der Waals surface area contributed by atoms with Gasteiger partial charge in [-0.3, -0.25) is 4.79 Å². The van der Waals surface area contributed by atoms with Crippen molar-refractivity contribution in [3.05, 3.63) is 22.8 Å². The first-order valence-electron chi connectivity index (χ1n) is 10.3. The van der Waals surface area contributed by atoms with Crippen molar-refractivity contribution in [2.45, 2.75) is 79.0 Å². The molecule has 0 bridgehead atoms. The number of allylic oxidation sites excluding steroid dienone is 2. The van der Waals surface area contributed by atoms with Gasteiger partial charge >= 0.3 is 5.97 Å². The number of ether oxygens (including phenoxy) is 2. The Morgan fingerprint density at radius 1 is 1.22 bits per heavy atom. The van der Waals surface area contributed by atoms with Gasteiger partial charge in [0, 0.05) is 12.8 Å². The quantitative estimate of drug-likeness (QED) is 0.565. The van der Waals surface area contributed by atoms with Crippen LogP contribution >= 0.6 is 0 Å². The fraction of sp³-hybridized carbons (Fsp3) is 0.773. The molecule has 5 nitrogen and oxygen atoms in total. The molecular formula is C22H34O5. The minimum Gasteiger partial charge on any atom is -0.462 e. The van der Waals surface area contributed by atoms with E-state index in [1.54, 1.807) is 0 Å². The van der Waals surface area contributed by atoms with Crippen molar-refractivity contribution in [2.24, 2.45) is 29.6 Å². The van der Waals surface area contributed by atoms with Gasteiger partial charge in [-0.2, -0.15) is 0 Å². The summed E-state index contributed by atoms with van der Waals surface area (Å²) in [4.78, 5) is 11.8. The Hall–Kier alpha value is -1.17. The van der Waals surface area contributed by atoms with Crippen molar-refractivity contribution in [2.75, 3.05) is 0 Å². The number of carbonyl (C=O) groups is 1. The van der Waals surface area contributed by atoms with Gasteiger partial charge in [0.15, 0.2) is 12.6 Å². The van der Waals surface area contributed by atoms with Crippen LogP contribution in [0.25, 0.3) is 0 Å². The zero-order valence-corrected chi connectivity index (χ0v) is 17.1. The van der Waals surface area contributed by atoms with Crippen LogP contribution in [0.1, 0.15) is 60.3 Å². The number of hydrogen-bond acceptors (Lipinski definition) is 5. The third kappa shape index (κ3) is 4.30. The molecule has 1 aliphatic heterocycles. The molecular weight excluding hydrogens is 344 g/mol. The molecule has 0 aromatic carbocycles. The maximum atomic E-state index is 11.8. The first-order valence-corrected chi connectivity index (χ1v) is 10.3. The highest BCUT2D eigenvalue weighted by Crippen LogP contribution is 2.57. The molecule has 3 unspecified atom stereocenters. The average molecular weight is 379 g/mol. The lowest BCUT2D eigenvalue weighted by Crippen LogP contribution is -2.38. The van der Waals surface area contributed by atoms with Crippen molar-refractivity contribution >= 4 is 5.97 Å². The van der Waals surface area contributed by atoms with Crippen LogP contribution in [0, 0.1) is 29.6 Å². The predicted octanol–water partition coefficient (Wildman–Crippen LogP) is 3.56. The van der Waals surface area contributed by atoms with E-state index in [2.05, 4.69) is 33.8 Å². The minimum absolute atomic E-state index is 0.134. The molecule has 1 heterocycles. The highest BCUT2D eigenvalue weighted by molar-refractivity contribution is 5.66. The number of fused-ring (bicyclic) bond motifs is 2. The molecule has 2 aliphatic carbocycles. The molecule has 1 fully saturated rings. The van der Waals surface area contributed by atoms with Gasteiger partial charge in [-0.15, -0.1) is 0 Å². The summed E-state index contributed by atoms with van der Waals surface area (Å²) in [7, 11) is 0. The summed E-state index contributed by atoms with van der Waals surface area (Å²) in [6, 6.07) is 0. The molecule has 2 N–H and O–H groups in total. The standard InChI is InChI=1S/C22H34O5/c1-11(2)7-6-8-12(3)18-17(26-14(5)23)9-13(4)15-10-16(15)19-20(18)22(25)27-21(19)24/h7,12-13,15-18,21-22,24-25H,6,8-10H2,1-5H3/t12?,13-,15+,16+,17-,18-,21?,22?/m1/s1. The number of esters is 1. The molecule has 5 heteroatoms. The summed E-state index contributed by atoms with van der Waals surface area (Å²) in [6.45, 7) is 9.97. The second kappa shape index (κ2) is 8.06. The minimum atomic E-state index is -1.11. The molecule has 0 aromatic rings. The van der Waals surface area contributed by atoms with Crippen molar-refractivity contribution in [1.29, 1.82) is 0 Å². The van der Waals surface area contributed by atoms with E-state index in [1.807, 2.05) is 0 Å². The fourth-order valence-electron chi connectivity index (χ4n) is 5.22. The van der Waals surface area contributed by atoms with Gasteiger partial charge in [0.1, 0.15) is 6.10 Å². The fourth-order valence-corrected chi connectivity index (χ4v) is 5.22. The molecule has 152 valence electrons. The number of rotatable bonds is 5. The first kappa shape index (κ1) is 20.6. The van der Waals surface area contributed by atoms with Crippen LogP contribution in [0.2, 0.25) is 0 Å². The van der Waals surface area contributed by atoms with Crippen LogP contribution in [-0.2, 0) is 14.3 Å². The monoisotopic (exact) mass is 378 g/mol. The van der Waals surface area contributed by atoms with E-state index in [0.29, 0.717) is 11.8 Å². The predicted molar refractivity (Wildman–Crippen MR) is 102 cm³/mol. The highest BCUT2D eigenvalue weighted by atomic mass is 16.7. The van der Waals surface area contributed by atoms with Crippen LogP contribution in [0.15, 0.2) is 22.8 Å². The summed E-state index contributed by atoms with van der Waals surface area (Å²) < 4.78 is 11.2. The van der Waals surface area contributed by atoms with E-state index in [4.69, 9.17) is 9.47 Å². The lowest BCUT2D eigenvalue weighted by molar-refractivity contribution is -0.162. The van der Waals surface area contributed by atoms with Crippen LogP contribution in [0.3, 0.4) is 0 Å². The Morgan fingerprint density at radius 3 is 2.52 bits per heavy atom. The van der Waals surface area contributed by atoms with Crippen LogP contribution in [0.5, 0.6) is 0 Å². The molecule has 0 saturated heterocycles. The Kier molecular flexibility index (Phi) is 6.14. The van der Waals surface area contributed by atoms with Gasteiger partial charge in [-0.05, 0) is 74.3 Å². The number of aliphatic hydroxyl groups is 2. The third-order valence-corrected chi connectivity index (χ3v) is 6.56. The second-order valence-electron chi connectivity index (χ2n) is 8.98. The summed E-state index contributed by atoms with van der Waals surface area (Å²) in [6.07, 6.45) is 3.43. The largest absolute Gasteiger partial charge is 0.462 e. The van der Waals surface area contributed by atoms with Crippen molar-refractivity contribution < 1.29 is 24.5 Å². The van der Waals surface area contributed by atoms with Gasteiger partial charge in [0.05, 0.1) is 0 Å². The van der Waals surface area contributed by atoms with E-state index < -0.39 is 12.6 Å². The van der Waals surface area contributed by atoms with Crippen molar-refractivity contribution in [3.8, 4) is 0 Å². The summed E-state index contributed by atoms with van der Waals surface area (Å²) in [5.41, 5.74) is 2.92. The van der Waals surface area contributed by atoms with E-state index in [-0.39, 0.29) is 29.8 Å². The van der Waals surface area contributed by atoms with Gasteiger partial charge in [-0.25, -0.2) is 0 Å². The number of carbonyl (C=O) groups excluding carboxylic acids is 1. The molecule has 3 rings (SSSR count). The zero-order chi connectivity index (χ0) is 19.9. The third-order valence-electron chi connectivity index (χ3n) is 6.56. The molecule has 3 aliphatic rings. The Balaban J connectivity index is 1.97. The molecule has 27 heavy (non-hydrogen) atoms. The van der Waals surface area contributed by atoms with Crippen LogP contribution in [-0.4, -0.2) is 34.9 Å². The highest BCUT2D eigenvalue weighted by Gasteiger charge is 2.55. The first-order chi connectivity index (χ1) is 12.7. The maximum absolute atomic E-state index is 11.8. The number of hydrogen-bond donors (Lipinski definition) is 2. The van der Waals surface area contributed by atoms with Gasteiger partial charge in [0.2, 0.25) is 0 Å². The van der Waals surface area contributed by atoms with E-state index >= 15 is 0 Å². The Morgan fingerprint density at radius 2 is 1.89 bits per heavy atom. The van der Waals surface area contributed by atoms with Crippen LogP contribution in [0.4, 0.5) is 0 Å². The molecule has 0 radical (unpaired) electrons. The molecule has 0 spiro atoms. The summed E-state index contributed by atoms with van der Waals surface area (Å²) in [5.74, 6) is 0.932. The van der Waals surface area contributed by atoms with Gasteiger partial charge in [-0.1, -0.05) is 25.5 Å². The summed E-state index contributed by atoms with van der Waals surface area (Å²) in [5, 5.41) is 21.1. The zero-order valence-electron chi connectivity index (χ0n) is 17.1. The average Bonchev–Trinajstić information content (AvgIpc) is 3.26. The van der Waals surface area contributed by atoms with Gasteiger partial charge in [0.25, 0.3) is 0 Å². The van der Waals surface area contributed by atoms with E-state index in [0.717, 1.165) is 36.8 Å². The maximum Gasteiger partial charge on any atom is 0.302 e. The van der Waals surface area contributed by atoms with E-state index in [9.17, 15) is 15.0 Å². The van der Waals surface area contributed by atoms with Crippen molar-refractivity contribution in [1.82, 2.24) is 0 Å². The normalized spacial score (nSPS) is 39.0. The molecule has 1 saturated carbocycles. The van der Waals surface area contributed by atoms with E-state index in [1.165, 1.54) is 12.5 Å². The summed E-state index contributed by atoms with van der Waals surface area (Å²) >= 11 is 0.